The Morgan fingerprint density at radius 1 is 0.893 bits per heavy atom. The first-order valence-electron chi connectivity index (χ1n) is 17.2. The number of rotatable bonds is 10. The smallest absolute Gasteiger partial charge is 0.407 e. The zero-order chi connectivity index (χ0) is 39.7. The fraction of sp³-hybridized carbons (Fsp3) is 0.316. The van der Waals surface area contributed by atoms with Crippen molar-refractivity contribution in [1.29, 1.82) is 0 Å². The zero-order valence-electron chi connectivity index (χ0n) is 29.1. The molecule has 0 bridgehead atoms. The molecule has 3 aliphatic rings. The Morgan fingerprint density at radius 2 is 1.48 bits per heavy atom. The molecule has 0 radical (unpaired) electrons. The van der Waals surface area contributed by atoms with Crippen LogP contribution in [0.15, 0.2) is 84.0 Å². The highest BCUT2D eigenvalue weighted by atomic mass is 19.2. The summed E-state index contributed by atoms with van der Waals surface area (Å²) in [6.45, 7) is 0.753. The molecule has 1 amide bonds. The monoisotopic (exact) mass is 782 g/mol. The number of hydrogen-bond donors (Lipinski definition) is 2. The van der Waals surface area contributed by atoms with Gasteiger partial charge in [0.1, 0.15) is 24.9 Å². The van der Waals surface area contributed by atoms with Gasteiger partial charge in [-0.3, -0.25) is 0 Å². The van der Waals surface area contributed by atoms with Crippen LogP contribution in [-0.2, 0) is 28.5 Å². The third kappa shape index (κ3) is 7.37. The predicted octanol–water partition coefficient (Wildman–Crippen LogP) is 6.48. The number of nitrogens with one attached hydrogen (secondary N) is 1. The van der Waals surface area contributed by atoms with Gasteiger partial charge in [-0.25, -0.2) is 22.8 Å². The number of halogens is 5. The van der Waals surface area contributed by atoms with Crippen molar-refractivity contribution in [3.8, 4) is 16.9 Å². The number of fused-ring (bicyclic) bond motifs is 4. The van der Waals surface area contributed by atoms with Crippen molar-refractivity contribution in [2.45, 2.75) is 61.9 Å². The number of azide groups is 1. The number of aliphatic hydroxyl groups excluding tert-OH is 1. The maximum Gasteiger partial charge on any atom is 0.407 e. The second kappa shape index (κ2) is 16.2. The van der Waals surface area contributed by atoms with E-state index in [2.05, 4.69) is 20.1 Å². The average molecular weight is 783 g/mol. The summed E-state index contributed by atoms with van der Waals surface area (Å²) in [6.07, 6.45) is -9.22. The van der Waals surface area contributed by atoms with E-state index in [1.165, 1.54) is 0 Å². The van der Waals surface area contributed by atoms with Gasteiger partial charge in [0.2, 0.25) is 34.8 Å². The van der Waals surface area contributed by atoms with E-state index in [1.807, 2.05) is 48.5 Å². The summed E-state index contributed by atoms with van der Waals surface area (Å²) in [5, 5.41) is 17.1. The summed E-state index contributed by atoms with van der Waals surface area (Å²) < 4.78 is 105. The molecule has 0 aromatic heterocycles. The van der Waals surface area contributed by atoms with Crippen LogP contribution in [0.1, 0.15) is 35.8 Å². The third-order valence-corrected chi connectivity index (χ3v) is 9.65. The number of alkyl carbamates (subject to hydrolysis) is 1. The van der Waals surface area contributed by atoms with Crippen molar-refractivity contribution < 1.29 is 65.1 Å². The van der Waals surface area contributed by atoms with Crippen LogP contribution in [-0.4, -0.2) is 73.2 Å². The second-order valence-corrected chi connectivity index (χ2v) is 13.0. The highest BCUT2D eigenvalue weighted by molar-refractivity contribution is 5.84. The molecule has 7 rings (SSSR count). The second-order valence-electron chi connectivity index (χ2n) is 13.0. The number of aliphatic hydroxyl groups is 1. The van der Waals surface area contributed by atoms with Crippen molar-refractivity contribution in [3.05, 3.63) is 135 Å². The SMILES string of the molecule is C[C@@H](O[C@H]1O[C@@H]2CO[C@H](c3ccccc3)O[C@@H]2[C@H](O)[C@H]1N=[N+]=[N-])[C@H](NC(=O)OCC1c2ccccc2-c2ccccc21)C(=O)Oc1c(F)c(F)c(F)c(F)c1F. The molecule has 292 valence electrons. The molecule has 13 nitrogen and oxygen atoms in total. The minimum absolute atomic E-state index is 0.151. The number of amides is 1. The van der Waals surface area contributed by atoms with E-state index in [4.69, 9.17) is 23.7 Å². The van der Waals surface area contributed by atoms with E-state index in [1.54, 1.807) is 30.3 Å². The van der Waals surface area contributed by atoms with E-state index in [0.717, 1.165) is 29.2 Å². The summed E-state index contributed by atoms with van der Waals surface area (Å²) >= 11 is 0. The average Bonchev–Trinajstić information content (AvgIpc) is 3.54. The summed E-state index contributed by atoms with van der Waals surface area (Å²) in [7, 11) is 0. The van der Waals surface area contributed by atoms with Crippen molar-refractivity contribution in [2.24, 2.45) is 5.11 Å². The molecule has 1 aliphatic carbocycles. The Bertz CT molecular complexity index is 2100. The van der Waals surface area contributed by atoms with Gasteiger partial charge in [0, 0.05) is 16.4 Å². The standard InChI is InChI=1S/C38H31F5N4O9/c1-17(53-37-31(46-47-44)32(48)33-24(54-37)16-51-36(56-33)18-9-3-2-4-10-18)30(35(49)55-34-28(42)26(40)25(39)27(41)29(34)43)45-38(50)52-15-23-21-13-7-5-11-19(21)20-12-6-8-14-22(20)23/h2-14,17,23-24,30-33,36-37,48H,15-16H2,1H3,(H,45,50)/t17-,24-,30+,31-,32-,33+,36+,37+/m1/s1. The lowest BCUT2D eigenvalue weighted by molar-refractivity contribution is -0.346. The Labute approximate surface area is 314 Å². The van der Waals surface area contributed by atoms with Crippen molar-refractivity contribution in [2.75, 3.05) is 13.2 Å². The normalized spacial score (nSPS) is 23.8. The summed E-state index contributed by atoms with van der Waals surface area (Å²) in [5.41, 5.74) is 13.5. The number of benzene rings is 4. The van der Waals surface area contributed by atoms with Crippen LogP contribution in [0.25, 0.3) is 21.6 Å². The van der Waals surface area contributed by atoms with E-state index >= 15 is 0 Å². The van der Waals surface area contributed by atoms with Crippen LogP contribution < -0.4 is 10.1 Å². The zero-order valence-corrected chi connectivity index (χ0v) is 29.1. The van der Waals surface area contributed by atoms with Gasteiger partial charge in [-0.05, 0) is 34.7 Å². The minimum atomic E-state index is -2.49. The molecule has 2 fully saturated rings. The first-order valence-corrected chi connectivity index (χ1v) is 17.2. The molecule has 2 aliphatic heterocycles. The number of hydrogen-bond acceptors (Lipinski definition) is 10. The van der Waals surface area contributed by atoms with Gasteiger partial charge in [0.25, 0.3) is 0 Å². The maximum absolute atomic E-state index is 14.6. The molecule has 0 saturated carbocycles. The highest BCUT2D eigenvalue weighted by Crippen LogP contribution is 2.44. The van der Waals surface area contributed by atoms with Crippen LogP contribution in [0, 0.1) is 29.1 Å². The molecule has 8 atom stereocenters. The molecule has 0 unspecified atom stereocenters. The number of esters is 1. The topological polar surface area (TPSA) is 171 Å². The fourth-order valence-corrected chi connectivity index (χ4v) is 6.92. The molecule has 0 spiro atoms. The number of nitrogens with zero attached hydrogens (tertiary/aromatic N) is 3. The van der Waals surface area contributed by atoms with Gasteiger partial charge in [0.15, 0.2) is 18.6 Å². The molecule has 2 N–H and O–H groups in total. The van der Waals surface area contributed by atoms with E-state index < -0.39 is 102 Å². The molecule has 2 saturated heterocycles. The van der Waals surface area contributed by atoms with Crippen LogP contribution in [0.4, 0.5) is 26.7 Å². The first kappa shape index (κ1) is 38.6. The van der Waals surface area contributed by atoms with Gasteiger partial charge in [-0.15, -0.1) is 0 Å². The van der Waals surface area contributed by atoms with Crippen molar-refractivity contribution in [1.82, 2.24) is 5.32 Å². The molecular weight excluding hydrogens is 751 g/mol. The van der Waals surface area contributed by atoms with Gasteiger partial charge in [0.05, 0.1) is 18.8 Å². The van der Waals surface area contributed by atoms with Crippen molar-refractivity contribution in [3.63, 3.8) is 0 Å². The maximum atomic E-state index is 14.6. The first-order chi connectivity index (χ1) is 27.0. The van der Waals surface area contributed by atoms with E-state index in [-0.39, 0.29) is 13.2 Å². The third-order valence-electron chi connectivity index (χ3n) is 9.65. The lowest BCUT2D eigenvalue weighted by Crippen LogP contribution is -2.63. The Hall–Kier alpha value is -5.62. The van der Waals surface area contributed by atoms with Crippen LogP contribution in [0.3, 0.4) is 0 Å². The Balaban J connectivity index is 1.12. The molecule has 2 heterocycles. The number of carbonyl (C=O) groups excluding carboxylic acids is 2. The van der Waals surface area contributed by atoms with Gasteiger partial charge in [-0.1, -0.05) is 84.0 Å². The number of ether oxygens (including phenoxy) is 6. The molecular formula is C38H31F5N4O9. The van der Waals surface area contributed by atoms with E-state index in [0.29, 0.717) is 5.56 Å². The lowest BCUT2D eigenvalue weighted by Gasteiger charge is -2.47. The Kier molecular flexibility index (Phi) is 11.2. The minimum Gasteiger partial charge on any atom is -0.449 e. The summed E-state index contributed by atoms with van der Waals surface area (Å²) in [4.78, 5) is 29.6. The fourth-order valence-electron chi connectivity index (χ4n) is 6.92. The van der Waals surface area contributed by atoms with Gasteiger partial charge >= 0.3 is 12.1 Å². The molecule has 4 aromatic rings. The van der Waals surface area contributed by atoms with Gasteiger partial charge in [-0.2, -0.15) is 8.78 Å². The highest BCUT2D eigenvalue weighted by Gasteiger charge is 2.51. The lowest BCUT2D eigenvalue weighted by atomic mass is 9.96. The predicted molar refractivity (Wildman–Crippen MR) is 182 cm³/mol. The summed E-state index contributed by atoms with van der Waals surface area (Å²) in [5.74, 6) is -16.3. The van der Waals surface area contributed by atoms with Crippen LogP contribution in [0.5, 0.6) is 5.75 Å². The quantitative estimate of drug-likeness (QED) is 0.0267. The molecule has 4 aromatic carbocycles. The molecule has 56 heavy (non-hydrogen) atoms. The largest absolute Gasteiger partial charge is 0.449 e. The van der Waals surface area contributed by atoms with Crippen LogP contribution in [0.2, 0.25) is 0 Å². The molecule has 18 heteroatoms. The van der Waals surface area contributed by atoms with Gasteiger partial charge < -0.3 is 38.8 Å². The summed E-state index contributed by atoms with van der Waals surface area (Å²) in [6, 6.07) is 19.9. The number of carbonyl (C=O) groups is 2. The van der Waals surface area contributed by atoms with E-state index in [9.17, 15) is 42.2 Å². The van der Waals surface area contributed by atoms with Crippen molar-refractivity contribution >= 4 is 12.1 Å². The van der Waals surface area contributed by atoms with Crippen LogP contribution >= 0.6 is 0 Å². The Morgan fingerprint density at radius 3 is 2.11 bits per heavy atom.